The number of nitrogens with one attached hydrogen (secondary N) is 2. The number of carbonyl (C=O) groups excluding carboxylic acids is 1. The van der Waals surface area contributed by atoms with E-state index in [1.807, 2.05) is 26.2 Å². The zero-order chi connectivity index (χ0) is 16.8. The van der Waals surface area contributed by atoms with Gasteiger partial charge < -0.3 is 25.0 Å². The van der Waals surface area contributed by atoms with E-state index in [-0.39, 0.29) is 12.1 Å². The van der Waals surface area contributed by atoms with E-state index in [9.17, 15) is 4.79 Å². The Morgan fingerprint density at radius 1 is 1.22 bits per heavy atom. The first-order chi connectivity index (χ1) is 10.9. The van der Waals surface area contributed by atoms with E-state index in [0.29, 0.717) is 36.3 Å². The van der Waals surface area contributed by atoms with Crippen LogP contribution >= 0.6 is 0 Å². The molecule has 1 atom stereocenters. The van der Waals surface area contributed by atoms with Crippen LogP contribution in [0.4, 0.5) is 10.5 Å². The molecule has 6 nitrogen and oxygen atoms in total. The summed E-state index contributed by atoms with van der Waals surface area (Å²) in [6.07, 6.45) is 0.937. The molecule has 0 fully saturated rings. The molecule has 0 saturated heterocycles. The van der Waals surface area contributed by atoms with Crippen molar-refractivity contribution in [1.29, 1.82) is 0 Å². The van der Waals surface area contributed by atoms with Gasteiger partial charge in [0.05, 0.1) is 0 Å². The van der Waals surface area contributed by atoms with Crippen LogP contribution in [0.5, 0.6) is 11.5 Å². The van der Waals surface area contributed by atoms with Crippen LogP contribution in [0, 0.1) is 5.92 Å². The Balaban J connectivity index is 1.94. The van der Waals surface area contributed by atoms with Crippen molar-refractivity contribution in [3.63, 3.8) is 0 Å². The molecule has 0 saturated carbocycles. The Morgan fingerprint density at radius 3 is 2.57 bits per heavy atom. The minimum atomic E-state index is -0.200. The summed E-state index contributed by atoms with van der Waals surface area (Å²) in [7, 11) is 4.02. The Kier molecular flexibility index (Phi) is 6.10. The Labute approximate surface area is 138 Å². The molecule has 2 rings (SSSR count). The molecule has 23 heavy (non-hydrogen) atoms. The lowest BCUT2D eigenvalue weighted by atomic mass is 10.0. The molecule has 6 heteroatoms. The van der Waals surface area contributed by atoms with Gasteiger partial charge in [-0.1, -0.05) is 13.8 Å². The standard InChI is InChI=1S/C17H27N3O3/c1-12(2)9-14(11-20(3)4)19-17(21)18-13-5-6-15-16(10-13)23-8-7-22-15/h5-6,10,12,14H,7-9,11H2,1-4H3,(H2,18,19,21). The maximum atomic E-state index is 12.2. The van der Waals surface area contributed by atoms with Gasteiger partial charge in [0.25, 0.3) is 0 Å². The molecular formula is C17H27N3O3. The molecule has 1 aliphatic heterocycles. The number of ether oxygens (including phenoxy) is 2. The van der Waals surface area contributed by atoms with Crippen molar-refractivity contribution < 1.29 is 14.3 Å². The first kappa shape index (κ1) is 17.4. The maximum absolute atomic E-state index is 12.2. The number of amides is 2. The molecule has 2 amide bonds. The van der Waals surface area contributed by atoms with Crippen LogP contribution in [0.25, 0.3) is 0 Å². The lowest BCUT2D eigenvalue weighted by molar-refractivity contribution is 0.171. The SMILES string of the molecule is CC(C)CC(CN(C)C)NC(=O)Nc1ccc2c(c1)OCCO2. The van der Waals surface area contributed by atoms with Gasteiger partial charge in [-0.3, -0.25) is 0 Å². The first-order valence-electron chi connectivity index (χ1n) is 8.06. The van der Waals surface area contributed by atoms with Crippen molar-refractivity contribution in [2.24, 2.45) is 5.92 Å². The predicted molar refractivity (Wildman–Crippen MR) is 91.4 cm³/mol. The number of hydrogen-bond donors (Lipinski definition) is 2. The molecule has 1 aromatic rings. The molecule has 0 bridgehead atoms. The fourth-order valence-corrected chi connectivity index (χ4v) is 2.66. The van der Waals surface area contributed by atoms with Crippen LogP contribution in [0.2, 0.25) is 0 Å². The van der Waals surface area contributed by atoms with Crippen LogP contribution in [-0.2, 0) is 0 Å². The lowest BCUT2D eigenvalue weighted by Gasteiger charge is -2.24. The quantitative estimate of drug-likeness (QED) is 0.845. The number of anilines is 1. The molecule has 1 heterocycles. The minimum absolute atomic E-state index is 0.113. The lowest BCUT2D eigenvalue weighted by Crippen LogP contribution is -2.44. The van der Waals surface area contributed by atoms with Crippen LogP contribution in [0.15, 0.2) is 18.2 Å². The van der Waals surface area contributed by atoms with E-state index in [1.54, 1.807) is 6.07 Å². The molecule has 2 N–H and O–H groups in total. The fraction of sp³-hybridized carbons (Fsp3) is 0.588. The van der Waals surface area contributed by atoms with Crippen molar-refractivity contribution >= 4 is 11.7 Å². The molecule has 1 aromatic carbocycles. The highest BCUT2D eigenvalue weighted by Gasteiger charge is 2.16. The van der Waals surface area contributed by atoms with Crippen molar-refractivity contribution in [3.05, 3.63) is 18.2 Å². The van der Waals surface area contributed by atoms with Gasteiger partial charge in [0.1, 0.15) is 13.2 Å². The molecular weight excluding hydrogens is 294 g/mol. The summed E-state index contributed by atoms with van der Waals surface area (Å²) in [5, 5.41) is 5.91. The molecule has 128 valence electrons. The first-order valence-corrected chi connectivity index (χ1v) is 8.06. The average molecular weight is 321 g/mol. The second kappa shape index (κ2) is 8.06. The van der Waals surface area contributed by atoms with Gasteiger partial charge in [-0.2, -0.15) is 0 Å². The van der Waals surface area contributed by atoms with Gasteiger partial charge in [-0.05, 0) is 38.6 Å². The minimum Gasteiger partial charge on any atom is -0.486 e. The number of hydrogen-bond acceptors (Lipinski definition) is 4. The van der Waals surface area contributed by atoms with Gasteiger partial charge in [0, 0.05) is 24.3 Å². The van der Waals surface area contributed by atoms with Gasteiger partial charge in [-0.15, -0.1) is 0 Å². The van der Waals surface area contributed by atoms with Gasteiger partial charge in [-0.25, -0.2) is 4.79 Å². The summed E-state index contributed by atoms with van der Waals surface area (Å²) in [4.78, 5) is 14.3. The van der Waals surface area contributed by atoms with Crippen LogP contribution in [-0.4, -0.2) is 50.8 Å². The number of likely N-dealkylation sites (N-methyl/N-ethyl adjacent to an activating group) is 1. The van der Waals surface area contributed by atoms with E-state index in [0.717, 1.165) is 13.0 Å². The summed E-state index contributed by atoms with van der Waals surface area (Å²) < 4.78 is 11.0. The monoisotopic (exact) mass is 321 g/mol. The smallest absolute Gasteiger partial charge is 0.319 e. The van der Waals surface area contributed by atoms with E-state index in [2.05, 4.69) is 29.4 Å². The maximum Gasteiger partial charge on any atom is 0.319 e. The summed E-state index contributed by atoms with van der Waals surface area (Å²) >= 11 is 0. The van der Waals surface area contributed by atoms with Crippen LogP contribution < -0.4 is 20.1 Å². The zero-order valence-electron chi connectivity index (χ0n) is 14.4. The number of urea groups is 1. The van der Waals surface area contributed by atoms with Crippen LogP contribution in [0.3, 0.4) is 0 Å². The number of fused-ring (bicyclic) bond motifs is 1. The number of nitrogens with zero attached hydrogens (tertiary/aromatic N) is 1. The van der Waals surface area contributed by atoms with Gasteiger partial charge >= 0.3 is 6.03 Å². The summed E-state index contributed by atoms with van der Waals surface area (Å²) in [5.41, 5.74) is 0.694. The van der Waals surface area contributed by atoms with Crippen molar-refractivity contribution in [2.75, 3.05) is 39.2 Å². The summed E-state index contributed by atoms with van der Waals surface area (Å²) in [5.74, 6) is 1.91. The van der Waals surface area contributed by atoms with E-state index < -0.39 is 0 Å². The Morgan fingerprint density at radius 2 is 1.91 bits per heavy atom. The van der Waals surface area contributed by atoms with Crippen LogP contribution in [0.1, 0.15) is 20.3 Å². The van der Waals surface area contributed by atoms with E-state index in [4.69, 9.17) is 9.47 Å². The third-order valence-electron chi connectivity index (χ3n) is 3.48. The molecule has 1 unspecified atom stereocenters. The number of rotatable bonds is 6. The third kappa shape index (κ3) is 5.63. The summed E-state index contributed by atoms with van der Waals surface area (Å²) in [6.45, 7) is 6.21. The molecule has 0 aliphatic carbocycles. The fourth-order valence-electron chi connectivity index (χ4n) is 2.66. The molecule has 0 spiro atoms. The average Bonchev–Trinajstić information content (AvgIpc) is 2.45. The normalized spacial score (nSPS) is 14.7. The number of benzene rings is 1. The summed E-state index contributed by atoms with van der Waals surface area (Å²) in [6, 6.07) is 5.33. The highest BCUT2D eigenvalue weighted by atomic mass is 16.6. The van der Waals surface area contributed by atoms with Crippen molar-refractivity contribution in [2.45, 2.75) is 26.3 Å². The van der Waals surface area contributed by atoms with Gasteiger partial charge in [0.15, 0.2) is 11.5 Å². The number of carbonyl (C=O) groups is 1. The highest BCUT2D eigenvalue weighted by Crippen LogP contribution is 2.32. The predicted octanol–water partition coefficient (Wildman–Crippen LogP) is 2.56. The van der Waals surface area contributed by atoms with Gasteiger partial charge in [0.2, 0.25) is 0 Å². The Hall–Kier alpha value is -1.95. The topological polar surface area (TPSA) is 62.8 Å². The third-order valence-corrected chi connectivity index (χ3v) is 3.48. The Bertz CT molecular complexity index is 522. The zero-order valence-corrected chi connectivity index (χ0v) is 14.4. The molecule has 0 aromatic heterocycles. The van der Waals surface area contributed by atoms with E-state index in [1.165, 1.54) is 0 Å². The van der Waals surface area contributed by atoms with Crippen molar-refractivity contribution in [1.82, 2.24) is 10.2 Å². The van der Waals surface area contributed by atoms with E-state index >= 15 is 0 Å². The second-order valence-corrected chi connectivity index (χ2v) is 6.55. The molecule has 0 radical (unpaired) electrons. The second-order valence-electron chi connectivity index (χ2n) is 6.55. The van der Waals surface area contributed by atoms with Crippen molar-refractivity contribution in [3.8, 4) is 11.5 Å². The highest BCUT2D eigenvalue weighted by molar-refractivity contribution is 5.89. The largest absolute Gasteiger partial charge is 0.486 e. The molecule has 1 aliphatic rings.